The number of ether oxygens (including phenoxy) is 2. The van der Waals surface area contributed by atoms with Crippen LogP contribution in [0.25, 0.3) is 11.0 Å². The van der Waals surface area contributed by atoms with Crippen molar-refractivity contribution in [2.24, 2.45) is 0 Å². The van der Waals surface area contributed by atoms with E-state index in [1.165, 1.54) is 0 Å². The van der Waals surface area contributed by atoms with E-state index in [4.69, 9.17) is 9.47 Å². The van der Waals surface area contributed by atoms with Gasteiger partial charge in [-0.25, -0.2) is 4.79 Å². The van der Waals surface area contributed by atoms with Crippen molar-refractivity contribution in [3.63, 3.8) is 0 Å². The number of fused-ring (bicyclic) bond motifs is 1. The van der Waals surface area contributed by atoms with Crippen LogP contribution in [0.5, 0.6) is 0 Å². The molecular weight excluding hydrogens is 334 g/mol. The average molecular weight is 359 g/mol. The lowest BCUT2D eigenvalue weighted by Crippen LogP contribution is -2.45. The summed E-state index contributed by atoms with van der Waals surface area (Å²) in [6.07, 6.45) is 3.26. The van der Waals surface area contributed by atoms with Gasteiger partial charge in [0.25, 0.3) is 0 Å². The van der Waals surface area contributed by atoms with Crippen molar-refractivity contribution in [1.29, 1.82) is 0 Å². The number of carbonyl (C=O) groups is 1. The van der Waals surface area contributed by atoms with E-state index < -0.39 is 5.79 Å². The Balaban J connectivity index is 1.44. The molecule has 2 aliphatic rings. The van der Waals surface area contributed by atoms with Crippen LogP contribution in [0.4, 0.5) is 0 Å². The van der Waals surface area contributed by atoms with E-state index in [9.17, 15) is 9.59 Å². The highest BCUT2D eigenvalue weighted by Gasteiger charge is 2.40. The maximum atomic E-state index is 12.6. The molecule has 4 rings (SSSR count). The number of aromatic nitrogens is 2. The highest BCUT2D eigenvalue weighted by Crippen LogP contribution is 2.35. The Labute approximate surface area is 151 Å². The summed E-state index contributed by atoms with van der Waals surface area (Å²) in [5.41, 5.74) is 1.52. The number of hydrogen-bond acceptors (Lipinski definition) is 4. The van der Waals surface area contributed by atoms with Gasteiger partial charge in [-0.1, -0.05) is 12.1 Å². The van der Waals surface area contributed by atoms with Gasteiger partial charge >= 0.3 is 5.69 Å². The molecular formula is C19H25N3O4. The number of rotatable bonds is 4. The molecule has 7 nitrogen and oxygen atoms in total. The van der Waals surface area contributed by atoms with Crippen LogP contribution >= 0.6 is 0 Å². The quantitative estimate of drug-likeness (QED) is 0.900. The SMILES string of the molecule is CCn1c(=O)n(CC(=O)NC2CCC3(CC2)OCCO3)c2ccccc21. The molecule has 140 valence electrons. The third kappa shape index (κ3) is 3.05. The van der Waals surface area contributed by atoms with E-state index in [0.717, 1.165) is 36.7 Å². The first-order valence-electron chi connectivity index (χ1n) is 9.37. The van der Waals surface area contributed by atoms with Gasteiger partial charge in [-0.2, -0.15) is 0 Å². The molecule has 1 aromatic heterocycles. The monoisotopic (exact) mass is 359 g/mol. The maximum absolute atomic E-state index is 12.6. The van der Waals surface area contributed by atoms with Crippen LogP contribution in [0.2, 0.25) is 0 Å². The molecule has 1 saturated heterocycles. The van der Waals surface area contributed by atoms with Crippen LogP contribution in [0, 0.1) is 0 Å². The third-order valence-corrected chi connectivity index (χ3v) is 5.47. The molecule has 1 N–H and O–H groups in total. The van der Waals surface area contributed by atoms with Gasteiger partial charge in [-0.05, 0) is 31.9 Å². The number of aryl methyl sites for hydroxylation is 1. The molecule has 2 fully saturated rings. The van der Waals surface area contributed by atoms with E-state index in [1.54, 1.807) is 9.13 Å². The Bertz CT molecular complexity index is 853. The van der Waals surface area contributed by atoms with Gasteiger partial charge in [0.05, 0.1) is 24.2 Å². The zero-order valence-corrected chi connectivity index (χ0v) is 15.1. The van der Waals surface area contributed by atoms with Gasteiger partial charge in [0.15, 0.2) is 5.79 Å². The van der Waals surface area contributed by atoms with Crippen LogP contribution in [0.15, 0.2) is 29.1 Å². The largest absolute Gasteiger partial charge is 0.352 e. The number of hydrogen-bond donors (Lipinski definition) is 1. The number of imidazole rings is 1. The van der Waals surface area contributed by atoms with Crippen LogP contribution in [0.1, 0.15) is 32.6 Å². The van der Waals surface area contributed by atoms with E-state index in [2.05, 4.69) is 5.32 Å². The minimum Gasteiger partial charge on any atom is -0.352 e. The fourth-order valence-corrected chi connectivity index (χ4v) is 4.14. The van der Waals surface area contributed by atoms with E-state index >= 15 is 0 Å². The van der Waals surface area contributed by atoms with E-state index in [0.29, 0.717) is 19.8 Å². The lowest BCUT2D eigenvalue weighted by atomic mass is 9.90. The highest BCUT2D eigenvalue weighted by atomic mass is 16.7. The molecule has 1 saturated carbocycles. The van der Waals surface area contributed by atoms with E-state index in [-0.39, 0.29) is 24.2 Å². The number of carbonyl (C=O) groups excluding carboxylic acids is 1. The van der Waals surface area contributed by atoms with Crippen molar-refractivity contribution in [2.75, 3.05) is 13.2 Å². The van der Waals surface area contributed by atoms with E-state index in [1.807, 2.05) is 31.2 Å². The second-order valence-electron chi connectivity index (χ2n) is 7.05. The minimum atomic E-state index is -0.424. The van der Waals surface area contributed by atoms with Crippen LogP contribution < -0.4 is 11.0 Å². The summed E-state index contributed by atoms with van der Waals surface area (Å²) in [5, 5.41) is 3.07. The van der Waals surface area contributed by atoms with Crippen LogP contribution in [-0.4, -0.2) is 40.1 Å². The van der Waals surface area contributed by atoms with Crippen molar-refractivity contribution >= 4 is 16.9 Å². The van der Waals surface area contributed by atoms with Crippen molar-refractivity contribution in [2.45, 2.75) is 57.5 Å². The van der Waals surface area contributed by atoms with Gasteiger partial charge in [-0.3, -0.25) is 13.9 Å². The molecule has 1 aliphatic carbocycles. The van der Waals surface area contributed by atoms with Gasteiger partial charge < -0.3 is 14.8 Å². The summed E-state index contributed by atoms with van der Waals surface area (Å²) >= 11 is 0. The molecule has 0 bridgehead atoms. The summed E-state index contributed by atoms with van der Waals surface area (Å²) < 4.78 is 14.7. The lowest BCUT2D eigenvalue weighted by molar-refractivity contribution is -0.180. The number of benzene rings is 1. The number of para-hydroxylation sites is 2. The molecule has 2 aromatic rings. The van der Waals surface area contributed by atoms with Crippen LogP contribution in [0.3, 0.4) is 0 Å². The Morgan fingerprint density at radius 1 is 1.15 bits per heavy atom. The molecule has 7 heteroatoms. The second-order valence-corrected chi connectivity index (χ2v) is 7.05. The summed E-state index contributed by atoms with van der Waals surface area (Å²) in [7, 11) is 0. The molecule has 1 amide bonds. The third-order valence-electron chi connectivity index (χ3n) is 5.47. The van der Waals surface area contributed by atoms with Crippen molar-refractivity contribution in [3.05, 3.63) is 34.7 Å². The zero-order valence-electron chi connectivity index (χ0n) is 15.1. The van der Waals surface area contributed by atoms with Gasteiger partial charge in [0.2, 0.25) is 5.91 Å². The number of nitrogens with zero attached hydrogens (tertiary/aromatic N) is 2. The maximum Gasteiger partial charge on any atom is 0.329 e. The summed E-state index contributed by atoms with van der Waals surface area (Å²) in [4.78, 5) is 25.2. The average Bonchev–Trinajstić information content (AvgIpc) is 3.21. The zero-order chi connectivity index (χ0) is 18.1. The summed E-state index contributed by atoms with van der Waals surface area (Å²) in [6, 6.07) is 7.70. The summed E-state index contributed by atoms with van der Waals surface area (Å²) in [5.74, 6) is -0.549. The molecule has 26 heavy (non-hydrogen) atoms. The standard InChI is InChI=1S/C19H25N3O4/c1-2-21-15-5-3-4-6-16(15)22(18(21)24)13-17(23)20-14-7-9-19(10-8-14)25-11-12-26-19/h3-6,14H,2,7-13H2,1H3,(H,20,23). The number of nitrogens with one attached hydrogen (secondary N) is 1. The molecule has 0 atom stereocenters. The Kier molecular flexibility index (Phi) is 4.58. The normalized spacial score (nSPS) is 20.0. The molecule has 2 heterocycles. The van der Waals surface area contributed by atoms with Crippen molar-refractivity contribution in [3.8, 4) is 0 Å². The first-order chi connectivity index (χ1) is 12.6. The predicted octanol–water partition coefficient (Wildman–Crippen LogP) is 1.62. The Morgan fingerprint density at radius 2 is 1.77 bits per heavy atom. The Hall–Kier alpha value is -2.12. The smallest absolute Gasteiger partial charge is 0.329 e. The second kappa shape index (κ2) is 6.89. The van der Waals surface area contributed by atoms with Gasteiger partial charge in [0.1, 0.15) is 6.54 Å². The molecule has 1 aromatic carbocycles. The minimum absolute atomic E-state index is 0.0426. The van der Waals surface area contributed by atoms with Gasteiger partial charge in [0, 0.05) is 25.4 Å². The Morgan fingerprint density at radius 3 is 2.38 bits per heavy atom. The van der Waals surface area contributed by atoms with Crippen molar-refractivity contribution in [1.82, 2.24) is 14.5 Å². The molecule has 0 unspecified atom stereocenters. The van der Waals surface area contributed by atoms with Crippen molar-refractivity contribution < 1.29 is 14.3 Å². The van der Waals surface area contributed by atoms with Gasteiger partial charge in [-0.15, -0.1) is 0 Å². The molecule has 1 spiro atoms. The predicted molar refractivity (Wildman–Crippen MR) is 96.9 cm³/mol. The first kappa shape index (κ1) is 17.3. The first-order valence-corrected chi connectivity index (χ1v) is 9.37. The lowest BCUT2D eigenvalue weighted by Gasteiger charge is -2.35. The fourth-order valence-electron chi connectivity index (χ4n) is 4.14. The fraction of sp³-hybridized carbons (Fsp3) is 0.579. The van der Waals surface area contributed by atoms with Crippen LogP contribution in [-0.2, 0) is 27.4 Å². The molecule has 1 aliphatic heterocycles. The molecule has 0 radical (unpaired) electrons. The number of amides is 1. The highest BCUT2D eigenvalue weighted by molar-refractivity contribution is 5.81. The topological polar surface area (TPSA) is 74.5 Å². The summed E-state index contributed by atoms with van der Waals surface area (Å²) in [6.45, 7) is 3.87.